The van der Waals surface area contributed by atoms with Gasteiger partial charge in [0.25, 0.3) is 0 Å². The van der Waals surface area contributed by atoms with Crippen LogP contribution in [-0.4, -0.2) is 31.6 Å². The monoisotopic (exact) mass is 509 g/mol. The summed E-state index contributed by atoms with van der Waals surface area (Å²) in [7, 11) is 2.18. The molecule has 1 fully saturated rings. The molecule has 1 saturated carbocycles. The first-order valence-electron chi connectivity index (χ1n) is 13.5. The molecule has 0 spiro atoms. The first-order valence-corrected chi connectivity index (χ1v) is 13.5. The number of para-hydroxylation sites is 3. The van der Waals surface area contributed by atoms with E-state index >= 15 is 0 Å². The molecule has 3 unspecified atom stereocenters. The van der Waals surface area contributed by atoms with Crippen molar-refractivity contribution in [3.8, 4) is 0 Å². The lowest BCUT2D eigenvalue weighted by Gasteiger charge is -2.35. The second-order valence-corrected chi connectivity index (χ2v) is 10.0. The van der Waals surface area contributed by atoms with Gasteiger partial charge in [0.05, 0.1) is 22.8 Å². The number of dihydropyridines is 1. The summed E-state index contributed by atoms with van der Waals surface area (Å²) in [4.78, 5) is 2.35. The maximum absolute atomic E-state index is 6.50. The summed E-state index contributed by atoms with van der Waals surface area (Å²) in [6, 6.07) is 16.5. The summed E-state index contributed by atoms with van der Waals surface area (Å²) < 4.78 is 0. The third kappa shape index (κ3) is 5.58. The first kappa shape index (κ1) is 25.5. The van der Waals surface area contributed by atoms with E-state index in [4.69, 9.17) is 11.6 Å². The number of nitrogens with one attached hydrogen (secondary N) is 3. The fourth-order valence-corrected chi connectivity index (χ4v) is 5.31. The van der Waals surface area contributed by atoms with Gasteiger partial charge in [-0.05, 0) is 61.2 Å². The standard InChI is InChI=1S/C31H39N7/c1-37(30(27-13-7-9-19-34-27)22-24-17-16-23(24)10-6-8-18-32)21-20-35-26-12-3-2-11-25(26)31-36-28-14-4-5-15-29(28)38(31)33/h2-15,18,22-24,31,34-36H,16-17,19-21,32-33H2,1H3/b10-6-,18-8-,30-22-. The lowest BCUT2D eigenvalue weighted by molar-refractivity contribution is 0.279. The Kier molecular flexibility index (Phi) is 8.04. The average molecular weight is 510 g/mol. The summed E-state index contributed by atoms with van der Waals surface area (Å²) >= 11 is 0. The van der Waals surface area contributed by atoms with Gasteiger partial charge in [-0.2, -0.15) is 0 Å². The number of hydrogen-bond donors (Lipinski definition) is 5. The Balaban J connectivity index is 1.26. The Morgan fingerprint density at radius 3 is 2.68 bits per heavy atom. The van der Waals surface area contributed by atoms with Gasteiger partial charge in [0.2, 0.25) is 0 Å². The smallest absolute Gasteiger partial charge is 0.142 e. The number of likely N-dealkylation sites (N-methyl/N-ethyl adjacent to an activating group) is 1. The minimum Gasteiger partial charge on any atom is -0.405 e. The third-order valence-electron chi connectivity index (χ3n) is 7.60. The molecule has 2 aliphatic heterocycles. The molecule has 0 saturated heterocycles. The van der Waals surface area contributed by atoms with Gasteiger partial charge in [0, 0.05) is 37.9 Å². The average Bonchev–Trinajstić information content (AvgIpc) is 3.27. The van der Waals surface area contributed by atoms with Crippen LogP contribution in [-0.2, 0) is 0 Å². The normalized spacial score (nSPS) is 22.6. The van der Waals surface area contributed by atoms with Crippen LogP contribution in [0.5, 0.6) is 0 Å². The Morgan fingerprint density at radius 1 is 1.11 bits per heavy atom. The maximum Gasteiger partial charge on any atom is 0.142 e. The molecule has 7 N–H and O–H groups in total. The van der Waals surface area contributed by atoms with Crippen molar-refractivity contribution in [1.82, 2.24) is 10.2 Å². The number of fused-ring (bicyclic) bond motifs is 1. The molecule has 2 aromatic rings. The fraction of sp³-hybridized carbons (Fsp3) is 0.290. The van der Waals surface area contributed by atoms with E-state index in [2.05, 4.69) is 94.7 Å². The molecule has 0 radical (unpaired) electrons. The molecular formula is C31H39N7. The Bertz CT molecular complexity index is 1260. The molecule has 198 valence electrons. The van der Waals surface area contributed by atoms with Crippen molar-refractivity contribution in [3.05, 3.63) is 114 Å². The zero-order valence-electron chi connectivity index (χ0n) is 22.1. The van der Waals surface area contributed by atoms with Gasteiger partial charge in [0.15, 0.2) is 0 Å². The number of nitrogens with two attached hydrogens (primary N) is 2. The molecule has 7 nitrogen and oxygen atoms in total. The summed E-state index contributed by atoms with van der Waals surface area (Å²) in [6.07, 6.45) is 19.0. The van der Waals surface area contributed by atoms with Crippen LogP contribution in [0.4, 0.5) is 17.1 Å². The van der Waals surface area contributed by atoms with Crippen LogP contribution in [0, 0.1) is 11.8 Å². The predicted molar refractivity (Wildman–Crippen MR) is 159 cm³/mol. The highest BCUT2D eigenvalue weighted by molar-refractivity contribution is 5.77. The topological polar surface area (TPSA) is 94.6 Å². The number of rotatable bonds is 10. The first-order chi connectivity index (χ1) is 18.7. The summed E-state index contributed by atoms with van der Waals surface area (Å²) in [5, 5.41) is 12.6. The molecular weight excluding hydrogens is 470 g/mol. The van der Waals surface area contributed by atoms with E-state index in [1.807, 2.05) is 29.3 Å². The zero-order valence-corrected chi connectivity index (χ0v) is 22.1. The Hall–Kier alpha value is -4.10. The number of hydrazine groups is 1. The van der Waals surface area contributed by atoms with Gasteiger partial charge in [-0.1, -0.05) is 60.7 Å². The molecule has 1 aliphatic carbocycles. The van der Waals surface area contributed by atoms with Gasteiger partial charge >= 0.3 is 0 Å². The lowest BCUT2D eigenvalue weighted by Crippen LogP contribution is -2.35. The minimum absolute atomic E-state index is 0.120. The quantitative estimate of drug-likeness (QED) is 0.232. The SMILES string of the molecule is CN(CCNc1ccccc1C1Nc2ccccc2N1N)/C(=C\C1CCC1/C=C\C=C/N)C1=CC=CCN1. The number of hydrogen-bond acceptors (Lipinski definition) is 7. The highest BCUT2D eigenvalue weighted by Gasteiger charge is 2.30. The van der Waals surface area contributed by atoms with Crippen molar-refractivity contribution in [1.29, 1.82) is 0 Å². The maximum atomic E-state index is 6.50. The van der Waals surface area contributed by atoms with Crippen LogP contribution < -0.4 is 32.5 Å². The van der Waals surface area contributed by atoms with E-state index in [0.717, 1.165) is 42.3 Å². The highest BCUT2D eigenvalue weighted by atomic mass is 15.5. The number of nitrogens with zero attached hydrogens (tertiary/aromatic N) is 2. The molecule has 3 atom stereocenters. The van der Waals surface area contributed by atoms with E-state index in [0.29, 0.717) is 11.8 Å². The number of anilines is 3. The lowest BCUT2D eigenvalue weighted by atomic mass is 9.73. The van der Waals surface area contributed by atoms with Crippen LogP contribution in [0.2, 0.25) is 0 Å². The predicted octanol–water partition coefficient (Wildman–Crippen LogP) is 4.82. The molecule has 0 bridgehead atoms. The van der Waals surface area contributed by atoms with Crippen molar-refractivity contribution in [3.63, 3.8) is 0 Å². The Morgan fingerprint density at radius 2 is 1.92 bits per heavy atom. The zero-order chi connectivity index (χ0) is 26.3. The van der Waals surface area contributed by atoms with Crippen molar-refractivity contribution < 1.29 is 0 Å². The van der Waals surface area contributed by atoms with Crippen molar-refractivity contribution in [2.75, 3.05) is 42.3 Å². The van der Waals surface area contributed by atoms with Gasteiger partial charge in [0.1, 0.15) is 6.17 Å². The van der Waals surface area contributed by atoms with Gasteiger partial charge in [-0.25, -0.2) is 5.84 Å². The molecule has 3 aliphatic rings. The van der Waals surface area contributed by atoms with Gasteiger partial charge < -0.3 is 26.6 Å². The fourth-order valence-electron chi connectivity index (χ4n) is 5.31. The minimum atomic E-state index is -0.120. The largest absolute Gasteiger partial charge is 0.405 e. The van der Waals surface area contributed by atoms with Gasteiger partial charge in [-0.15, -0.1) is 0 Å². The third-order valence-corrected chi connectivity index (χ3v) is 7.60. The molecule has 0 amide bonds. The van der Waals surface area contributed by atoms with Crippen LogP contribution in [0.15, 0.2) is 109 Å². The second-order valence-electron chi connectivity index (χ2n) is 10.0. The Labute approximate surface area is 226 Å². The van der Waals surface area contributed by atoms with Crippen LogP contribution >= 0.6 is 0 Å². The molecule has 0 aromatic heterocycles. The van der Waals surface area contributed by atoms with Crippen LogP contribution in [0.25, 0.3) is 0 Å². The second kappa shape index (κ2) is 12.0. The summed E-state index contributed by atoms with van der Waals surface area (Å²) in [6.45, 7) is 2.51. The summed E-state index contributed by atoms with van der Waals surface area (Å²) in [5.41, 5.74) is 12.2. The van der Waals surface area contributed by atoms with E-state index in [-0.39, 0.29) is 6.17 Å². The van der Waals surface area contributed by atoms with E-state index in [9.17, 15) is 0 Å². The summed E-state index contributed by atoms with van der Waals surface area (Å²) in [5.74, 6) is 7.59. The molecule has 2 aromatic carbocycles. The number of allylic oxidation sites excluding steroid dienone is 6. The molecule has 5 rings (SSSR count). The van der Waals surface area contributed by atoms with E-state index < -0.39 is 0 Å². The molecule has 7 heteroatoms. The van der Waals surface area contributed by atoms with Crippen LogP contribution in [0.3, 0.4) is 0 Å². The van der Waals surface area contributed by atoms with Crippen molar-refractivity contribution in [2.45, 2.75) is 19.0 Å². The number of benzene rings is 2. The van der Waals surface area contributed by atoms with Gasteiger partial charge in [-0.3, -0.25) is 5.01 Å². The molecule has 2 heterocycles. The van der Waals surface area contributed by atoms with Crippen molar-refractivity contribution >= 4 is 17.1 Å². The van der Waals surface area contributed by atoms with Crippen molar-refractivity contribution in [2.24, 2.45) is 23.4 Å². The van der Waals surface area contributed by atoms with E-state index in [1.165, 1.54) is 24.2 Å². The molecule has 38 heavy (non-hydrogen) atoms. The highest BCUT2D eigenvalue weighted by Crippen LogP contribution is 2.40. The van der Waals surface area contributed by atoms with Crippen LogP contribution in [0.1, 0.15) is 24.6 Å². The van der Waals surface area contributed by atoms with E-state index in [1.54, 1.807) is 6.20 Å².